The van der Waals surface area contributed by atoms with E-state index in [1.54, 1.807) is 0 Å². The molecule has 0 unspecified atom stereocenters. The zero-order valence-electron chi connectivity index (χ0n) is 7.85. The van der Waals surface area contributed by atoms with Crippen molar-refractivity contribution in [1.82, 2.24) is 0 Å². The average Bonchev–Trinajstić information content (AvgIpc) is 1.45. The van der Waals surface area contributed by atoms with E-state index in [0.29, 0.717) is 0 Å². The predicted octanol–water partition coefficient (Wildman–Crippen LogP) is -5.58. The number of aliphatic carboxylic acids is 1. The molecule has 0 aliphatic carbocycles. The minimum atomic E-state index is -5.17. The maximum absolute atomic E-state index is 9.00. The summed E-state index contributed by atoms with van der Waals surface area (Å²) in [4.78, 5) is 9.00. The van der Waals surface area contributed by atoms with Crippen molar-refractivity contribution in [3.63, 3.8) is 0 Å². The summed E-state index contributed by atoms with van der Waals surface area (Å²) in [5, 5.41) is 7.42. The van der Waals surface area contributed by atoms with Gasteiger partial charge in [0.25, 0.3) is 5.97 Å². The first-order valence-electron chi connectivity index (χ1n) is 2.26. The van der Waals surface area contributed by atoms with Crippen molar-refractivity contribution in [1.29, 1.82) is 0 Å². The summed E-state index contributed by atoms with van der Waals surface area (Å²) in [5.41, 5.74) is 0. The topological polar surface area (TPSA) is 198 Å². The van der Waals surface area contributed by atoms with Crippen molar-refractivity contribution in [3.05, 3.63) is 0 Å². The molecule has 0 atom stereocenters. The van der Waals surface area contributed by atoms with Crippen molar-refractivity contribution in [2.75, 3.05) is 0 Å². The summed E-state index contributed by atoms with van der Waals surface area (Å²) in [7, 11) is -10.3. The first kappa shape index (κ1) is 30.1. The average molecular weight is 327 g/mol. The largest absolute Gasteiger partial charge is 3.00 e. The van der Waals surface area contributed by atoms with Crippen molar-refractivity contribution in [2.24, 2.45) is 0 Å². The van der Waals surface area contributed by atoms with Crippen LogP contribution in [0.3, 0.4) is 0 Å². The minimum Gasteiger partial charge on any atom is -0.759 e. The number of carbonyl (C=O) groups is 1. The van der Waals surface area contributed by atoms with E-state index in [1.165, 1.54) is 0 Å². The second-order valence-electron chi connectivity index (χ2n) is 1.34. The predicted molar refractivity (Wildman–Crippen MR) is 34.3 cm³/mol. The van der Waals surface area contributed by atoms with Crippen LogP contribution in [-0.2, 0) is 43.0 Å². The Labute approximate surface area is 125 Å². The van der Waals surface area contributed by atoms with Crippen LogP contribution in [0, 0.1) is 0 Å². The Hall–Kier alpha value is 0.742. The van der Waals surface area contributed by atoms with E-state index < -0.39 is 26.8 Å². The molecule has 0 aliphatic heterocycles. The zero-order valence-corrected chi connectivity index (χ0v) is 12.8. The molecular formula is C2H4CrNaO10S2. The summed E-state index contributed by atoms with van der Waals surface area (Å²) in [5.74, 6) is -0.833. The molecule has 0 spiro atoms. The van der Waals surface area contributed by atoms with Gasteiger partial charge in [-0.05, 0) is 0 Å². The van der Waals surface area contributed by atoms with Crippen molar-refractivity contribution >= 4 is 26.8 Å². The van der Waals surface area contributed by atoms with E-state index in [9.17, 15) is 0 Å². The maximum atomic E-state index is 9.00. The van der Waals surface area contributed by atoms with Gasteiger partial charge < -0.3 is 23.3 Å². The fourth-order valence-electron chi connectivity index (χ4n) is 0. The van der Waals surface area contributed by atoms with Crippen LogP contribution in [0.1, 0.15) is 6.92 Å². The molecule has 0 rings (SSSR count). The maximum Gasteiger partial charge on any atom is 3.00 e. The quantitative estimate of drug-likeness (QED) is 0.254. The van der Waals surface area contributed by atoms with Crippen LogP contribution in [0.4, 0.5) is 0 Å². The normalized spacial score (nSPS) is 8.81. The van der Waals surface area contributed by atoms with Crippen LogP contribution in [0.5, 0.6) is 0 Å². The summed E-state index contributed by atoms with van der Waals surface area (Å²) in [6.45, 7) is 1.08. The number of hydrogen-bond donors (Lipinski definition) is 1. The van der Waals surface area contributed by atoms with Crippen LogP contribution in [-0.4, -0.2) is 46.1 Å². The first-order valence-corrected chi connectivity index (χ1v) is 4.93. The van der Waals surface area contributed by atoms with Crippen LogP contribution >= 0.6 is 0 Å². The van der Waals surface area contributed by atoms with Gasteiger partial charge in [-0.15, -0.1) is 0 Å². The molecule has 0 aromatic rings. The van der Waals surface area contributed by atoms with Gasteiger partial charge in [0.15, 0.2) is 0 Å². The van der Waals surface area contributed by atoms with E-state index >= 15 is 0 Å². The number of carboxylic acid groups (broad SMARTS) is 1. The molecule has 0 saturated heterocycles. The molecule has 0 amide bonds. The molecule has 0 aliphatic rings. The van der Waals surface area contributed by atoms with Gasteiger partial charge in [-0.1, -0.05) is 0 Å². The molecule has 14 heteroatoms. The number of rotatable bonds is 0. The van der Waals surface area contributed by atoms with Gasteiger partial charge in [0.1, 0.15) is 0 Å². The van der Waals surface area contributed by atoms with Crippen molar-refractivity contribution < 1.29 is 91.9 Å². The Morgan fingerprint density at radius 2 is 0.938 bits per heavy atom. The molecule has 0 heterocycles. The molecule has 91 valence electrons. The Morgan fingerprint density at radius 3 is 0.938 bits per heavy atom. The number of hydrogen-bond acceptors (Lipinski definition) is 9. The molecule has 10 nitrogen and oxygen atoms in total. The standard InChI is InChI=1S/C2H4O2.Cr.Na.2H2O4S/c1-2(3)4;;;2*1-5(2,3)4/h1H3,(H,3,4);;;2*(H2,1,2,3,4)/q;+3;+1;;/p-4. The van der Waals surface area contributed by atoms with E-state index in [-0.39, 0.29) is 46.9 Å². The van der Waals surface area contributed by atoms with E-state index in [1.807, 2.05) is 0 Å². The smallest absolute Gasteiger partial charge is 0.759 e. The molecule has 0 bridgehead atoms. The molecule has 1 radical (unpaired) electrons. The third-order valence-electron chi connectivity index (χ3n) is 0. The van der Waals surface area contributed by atoms with Crippen LogP contribution in [0.25, 0.3) is 0 Å². The molecular weight excluding hydrogens is 323 g/mol. The van der Waals surface area contributed by atoms with Gasteiger partial charge in [-0.2, -0.15) is 0 Å². The van der Waals surface area contributed by atoms with E-state index in [2.05, 4.69) is 0 Å². The fourth-order valence-corrected chi connectivity index (χ4v) is 0. The fraction of sp³-hybridized carbons (Fsp3) is 0.500. The van der Waals surface area contributed by atoms with Gasteiger partial charge in [0, 0.05) is 27.7 Å². The molecule has 0 aromatic carbocycles. The summed E-state index contributed by atoms with van der Waals surface area (Å²) >= 11 is 0. The molecule has 0 fully saturated rings. The summed E-state index contributed by atoms with van der Waals surface area (Å²) in [6.07, 6.45) is 0. The number of carboxylic acids is 1. The minimum absolute atomic E-state index is 0. The van der Waals surface area contributed by atoms with Gasteiger partial charge >= 0.3 is 46.9 Å². The summed E-state index contributed by atoms with van der Waals surface area (Å²) in [6, 6.07) is 0. The third kappa shape index (κ3) is 5050. The Balaban J connectivity index is -0.0000000358. The van der Waals surface area contributed by atoms with Crippen LogP contribution in [0.15, 0.2) is 0 Å². The third-order valence-corrected chi connectivity index (χ3v) is 0. The summed E-state index contributed by atoms with van der Waals surface area (Å²) < 4.78 is 68.2. The van der Waals surface area contributed by atoms with Crippen molar-refractivity contribution in [2.45, 2.75) is 6.92 Å². The van der Waals surface area contributed by atoms with Crippen LogP contribution in [0.2, 0.25) is 0 Å². The van der Waals surface area contributed by atoms with E-state index in [4.69, 9.17) is 44.9 Å². The SMILES string of the molecule is CC(=O)O.O=S(=O)([O-])[O-].O=S(=O)([O-])[O-].[Cr+3].[Na+]. The Morgan fingerprint density at radius 1 is 0.938 bits per heavy atom. The first-order chi connectivity index (χ1) is 5.73. The zero-order chi connectivity index (χ0) is 12.6. The van der Waals surface area contributed by atoms with Gasteiger partial charge in [-0.25, -0.2) is 0 Å². The van der Waals surface area contributed by atoms with Crippen molar-refractivity contribution in [3.8, 4) is 0 Å². The molecule has 1 N–H and O–H groups in total. The molecule has 16 heavy (non-hydrogen) atoms. The monoisotopic (exact) mass is 327 g/mol. The van der Waals surface area contributed by atoms with Crippen LogP contribution < -0.4 is 29.6 Å². The van der Waals surface area contributed by atoms with Gasteiger partial charge in [0.05, 0.1) is 0 Å². The second-order valence-corrected chi connectivity index (χ2v) is 2.97. The Bertz CT molecular complexity index is 293. The van der Waals surface area contributed by atoms with Gasteiger partial charge in [0.2, 0.25) is 0 Å². The van der Waals surface area contributed by atoms with Gasteiger partial charge in [-0.3, -0.25) is 21.6 Å². The second kappa shape index (κ2) is 13.8. The Kier molecular flexibility index (Phi) is 26.0. The molecule has 0 saturated carbocycles. The molecule has 0 aromatic heterocycles. The van der Waals surface area contributed by atoms with E-state index in [0.717, 1.165) is 6.92 Å².